The van der Waals surface area contributed by atoms with E-state index in [1.165, 1.54) is 12.3 Å². The number of rotatable bonds is 3. The number of pyridine rings is 1. The second kappa shape index (κ2) is 6.07. The summed E-state index contributed by atoms with van der Waals surface area (Å²) in [5, 5.41) is 6.71. The van der Waals surface area contributed by atoms with E-state index in [1.54, 1.807) is 19.1 Å². The van der Waals surface area contributed by atoms with Gasteiger partial charge in [0, 0.05) is 11.8 Å². The second-order valence-corrected chi connectivity index (χ2v) is 5.59. The summed E-state index contributed by atoms with van der Waals surface area (Å²) in [5.74, 6) is -1.73. The normalized spacial score (nSPS) is 11.0. The molecule has 3 aromatic heterocycles. The number of carbonyl (C=O) groups is 1. The molecule has 0 atom stereocenters. The van der Waals surface area contributed by atoms with Crippen LogP contribution in [0.3, 0.4) is 0 Å². The topological polar surface area (TPSA) is 81.2 Å². The number of nitrogens with one attached hydrogen (secondary N) is 1. The molecule has 8 heteroatoms. The second-order valence-electron chi connectivity index (χ2n) is 5.59. The van der Waals surface area contributed by atoms with Crippen LogP contribution in [-0.4, -0.2) is 16.0 Å². The number of anilines is 1. The molecule has 4 rings (SSSR count). The highest BCUT2D eigenvalue weighted by atomic mass is 19.1. The molecular formula is C18H11F2N3O3. The molecule has 1 N–H and O–H groups in total. The summed E-state index contributed by atoms with van der Waals surface area (Å²) in [6.45, 7) is 1.67. The molecule has 0 aliphatic rings. The Morgan fingerprint density at radius 1 is 1.15 bits per heavy atom. The maximum atomic E-state index is 13.4. The molecule has 4 aromatic rings. The quantitative estimate of drug-likeness (QED) is 0.592. The summed E-state index contributed by atoms with van der Waals surface area (Å²) in [6.07, 6.45) is 1.47. The standard InChI is InChI=1S/C18H11F2N3O3/c1-9-16-13(17(24)21-12-6-10(19)5-11(20)7-12)8-14(15-3-2-4-25-15)22-18(16)26-23-9/h2-8H,1H3,(H,21,24). The van der Waals surface area contributed by atoms with Gasteiger partial charge in [0.1, 0.15) is 17.3 Å². The number of nitrogens with zero attached hydrogens (tertiary/aromatic N) is 2. The van der Waals surface area contributed by atoms with Gasteiger partial charge in [-0.3, -0.25) is 4.79 Å². The molecule has 0 aliphatic carbocycles. The molecule has 0 fully saturated rings. The summed E-state index contributed by atoms with van der Waals surface area (Å²) in [6, 6.07) is 7.64. The van der Waals surface area contributed by atoms with E-state index >= 15 is 0 Å². The first-order chi connectivity index (χ1) is 12.5. The fraction of sp³-hybridized carbons (Fsp3) is 0.0556. The van der Waals surface area contributed by atoms with E-state index in [0.29, 0.717) is 22.5 Å². The van der Waals surface area contributed by atoms with E-state index in [4.69, 9.17) is 8.94 Å². The average Bonchev–Trinajstić information content (AvgIpc) is 3.23. The SMILES string of the molecule is Cc1noc2nc(-c3ccco3)cc(C(=O)Nc3cc(F)cc(F)c3)c12. The van der Waals surface area contributed by atoms with Gasteiger partial charge in [-0.15, -0.1) is 0 Å². The number of hydrogen-bond donors (Lipinski definition) is 1. The van der Waals surface area contributed by atoms with Gasteiger partial charge in [0.05, 0.1) is 22.9 Å². The van der Waals surface area contributed by atoms with Gasteiger partial charge in [0.25, 0.3) is 11.6 Å². The van der Waals surface area contributed by atoms with E-state index in [2.05, 4.69) is 15.5 Å². The zero-order chi connectivity index (χ0) is 18.3. The maximum Gasteiger partial charge on any atom is 0.259 e. The minimum Gasteiger partial charge on any atom is -0.463 e. The maximum absolute atomic E-state index is 13.4. The van der Waals surface area contributed by atoms with Crippen molar-refractivity contribution in [2.24, 2.45) is 0 Å². The average molecular weight is 355 g/mol. The zero-order valence-electron chi connectivity index (χ0n) is 13.4. The van der Waals surface area contributed by atoms with Gasteiger partial charge in [-0.05, 0) is 37.3 Å². The summed E-state index contributed by atoms with van der Waals surface area (Å²) in [4.78, 5) is 17.0. The summed E-state index contributed by atoms with van der Waals surface area (Å²) in [7, 11) is 0. The van der Waals surface area contributed by atoms with Gasteiger partial charge in [-0.1, -0.05) is 5.16 Å². The van der Waals surface area contributed by atoms with Gasteiger partial charge >= 0.3 is 0 Å². The predicted octanol–water partition coefficient (Wildman–Crippen LogP) is 4.32. The number of halogens is 2. The van der Waals surface area contributed by atoms with Crippen molar-refractivity contribution in [1.82, 2.24) is 10.1 Å². The summed E-state index contributed by atoms with van der Waals surface area (Å²) < 4.78 is 37.2. The number of aryl methyl sites for hydroxylation is 1. The van der Waals surface area contributed by atoms with Crippen LogP contribution in [0, 0.1) is 18.6 Å². The van der Waals surface area contributed by atoms with Crippen LogP contribution in [0.4, 0.5) is 14.5 Å². The van der Waals surface area contributed by atoms with E-state index < -0.39 is 17.5 Å². The third-order valence-electron chi connectivity index (χ3n) is 3.76. The highest BCUT2D eigenvalue weighted by Gasteiger charge is 2.20. The number of aromatic nitrogens is 2. The number of furan rings is 1. The molecule has 3 heterocycles. The molecule has 0 aliphatic heterocycles. The van der Waals surface area contributed by atoms with Crippen molar-refractivity contribution >= 4 is 22.7 Å². The van der Waals surface area contributed by atoms with Crippen molar-refractivity contribution in [3.05, 3.63) is 65.6 Å². The molecule has 1 aromatic carbocycles. The Bertz CT molecular complexity index is 1100. The van der Waals surface area contributed by atoms with E-state index in [1.807, 2.05) is 0 Å². The molecule has 1 amide bonds. The molecule has 0 radical (unpaired) electrons. The highest BCUT2D eigenvalue weighted by molar-refractivity contribution is 6.12. The van der Waals surface area contributed by atoms with Crippen LogP contribution in [0.25, 0.3) is 22.6 Å². The van der Waals surface area contributed by atoms with Crippen LogP contribution in [0.15, 0.2) is 51.6 Å². The first kappa shape index (κ1) is 15.9. The van der Waals surface area contributed by atoms with E-state index in [-0.39, 0.29) is 17.0 Å². The minimum atomic E-state index is -0.794. The molecule has 0 spiro atoms. The fourth-order valence-corrected chi connectivity index (χ4v) is 2.65. The van der Waals surface area contributed by atoms with Gasteiger partial charge in [-0.25, -0.2) is 13.8 Å². The van der Waals surface area contributed by atoms with Gasteiger partial charge in [-0.2, -0.15) is 0 Å². The van der Waals surface area contributed by atoms with Gasteiger partial charge < -0.3 is 14.3 Å². The first-order valence-electron chi connectivity index (χ1n) is 7.59. The van der Waals surface area contributed by atoms with Crippen molar-refractivity contribution in [2.45, 2.75) is 6.92 Å². The van der Waals surface area contributed by atoms with Crippen molar-refractivity contribution in [3.8, 4) is 11.5 Å². The Kier molecular flexibility index (Phi) is 3.72. The highest BCUT2D eigenvalue weighted by Crippen LogP contribution is 2.28. The van der Waals surface area contributed by atoms with Crippen LogP contribution in [0.2, 0.25) is 0 Å². The smallest absolute Gasteiger partial charge is 0.259 e. The van der Waals surface area contributed by atoms with Crippen molar-refractivity contribution in [3.63, 3.8) is 0 Å². The number of benzene rings is 1. The first-order valence-corrected chi connectivity index (χ1v) is 7.59. The monoisotopic (exact) mass is 355 g/mol. The lowest BCUT2D eigenvalue weighted by atomic mass is 10.1. The molecular weight excluding hydrogens is 344 g/mol. The number of fused-ring (bicyclic) bond motifs is 1. The van der Waals surface area contributed by atoms with Crippen LogP contribution in [-0.2, 0) is 0 Å². The Morgan fingerprint density at radius 2 is 1.92 bits per heavy atom. The van der Waals surface area contributed by atoms with E-state index in [9.17, 15) is 13.6 Å². The number of hydrogen-bond acceptors (Lipinski definition) is 5. The Balaban J connectivity index is 1.81. The number of amides is 1. The molecule has 0 saturated carbocycles. The van der Waals surface area contributed by atoms with Crippen LogP contribution >= 0.6 is 0 Å². The number of carbonyl (C=O) groups excluding carboxylic acids is 1. The third-order valence-corrected chi connectivity index (χ3v) is 3.76. The molecule has 0 unspecified atom stereocenters. The van der Waals surface area contributed by atoms with Gasteiger partial charge in [0.2, 0.25) is 0 Å². The Labute approximate surface area is 145 Å². The minimum absolute atomic E-state index is 0.00822. The lowest BCUT2D eigenvalue weighted by Gasteiger charge is -2.08. The summed E-state index contributed by atoms with van der Waals surface area (Å²) >= 11 is 0. The summed E-state index contributed by atoms with van der Waals surface area (Å²) in [5.41, 5.74) is 1.19. The van der Waals surface area contributed by atoms with Crippen LogP contribution < -0.4 is 5.32 Å². The lowest BCUT2D eigenvalue weighted by Crippen LogP contribution is -2.13. The Morgan fingerprint density at radius 3 is 2.62 bits per heavy atom. The Hall–Kier alpha value is -3.55. The molecule has 0 saturated heterocycles. The van der Waals surface area contributed by atoms with E-state index in [0.717, 1.165) is 18.2 Å². The van der Waals surface area contributed by atoms with Crippen molar-refractivity contribution < 1.29 is 22.5 Å². The zero-order valence-corrected chi connectivity index (χ0v) is 13.4. The van der Waals surface area contributed by atoms with Crippen molar-refractivity contribution in [2.75, 3.05) is 5.32 Å². The molecule has 26 heavy (non-hydrogen) atoms. The predicted molar refractivity (Wildman–Crippen MR) is 88.6 cm³/mol. The molecule has 0 bridgehead atoms. The largest absolute Gasteiger partial charge is 0.463 e. The van der Waals surface area contributed by atoms with Crippen molar-refractivity contribution in [1.29, 1.82) is 0 Å². The third kappa shape index (κ3) is 2.81. The van der Waals surface area contributed by atoms with Crippen LogP contribution in [0.5, 0.6) is 0 Å². The van der Waals surface area contributed by atoms with Crippen LogP contribution in [0.1, 0.15) is 16.1 Å². The molecule has 130 valence electrons. The fourth-order valence-electron chi connectivity index (χ4n) is 2.65. The molecule has 6 nitrogen and oxygen atoms in total. The lowest BCUT2D eigenvalue weighted by molar-refractivity contribution is 0.102. The van der Waals surface area contributed by atoms with Gasteiger partial charge in [0.15, 0.2) is 5.76 Å².